The van der Waals surface area contributed by atoms with Gasteiger partial charge in [-0.15, -0.1) is 0 Å². The van der Waals surface area contributed by atoms with Crippen molar-refractivity contribution < 1.29 is 4.74 Å². The number of hydrogen-bond acceptors (Lipinski definition) is 2. The van der Waals surface area contributed by atoms with Gasteiger partial charge in [0.25, 0.3) is 0 Å². The van der Waals surface area contributed by atoms with Crippen molar-refractivity contribution in [3.63, 3.8) is 0 Å². The molecule has 1 aliphatic heterocycles. The second-order valence-electron chi connectivity index (χ2n) is 4.61. The first-order valence-corrected chi connectivity index (χ1v) is 6.95. The van der Waals surface area contributed by atoms with Crippen LogP contribution in [0.15, 0.2) is 0 Å². The van der Waals surface area contributed by atoms with Crippen LogP contribution in [-0.2, 0) is 4.74 Å². The molecule has 16 heavy (non-hydrogen) atoms. The van der Waals surface area contributed by atoms with E-state index in [9.17, 15) is 0 Å². The molecule has 98 valence electrons. The van der Waals surface area contributed by atoms with Crippen LogP contribution < -0.4 is 0 Å². The number of likely N-dealkylation sites (tertiary alicyclic amines) is 1. The maximum atomic E-state index is 5.37. The van der Waals surface area contributed by atoms with Crippen molar-refractivity contribution in [3.05, 3.63) is 0 Å². The van der Waals surface area contributed by atoms with Gasteiger partial charge < -0.3 is 9.64 Å². The monoisotopic (exact) mass is 229 g/mol. The van der Waals surface area contributed by atoms with E-state index in [1.165, 1.54) is 38.8 Å². The Bertz CT molecular complexity index is 154. The van der Waals surface area contributed by atoms with Crippen LogP contribution in [0.3, 0.4) is 0 Å². The molecule has 0 aromatic carbocycles. The molecule has 0 amide bonds. The maximum Gasteiger partial charge on any atom is 0.0571 e. The van der Waals surface area contributed by atoms with Crippen LogP contribution in [0.4, 0.5) is 0 Å². The zero-order chi connectivity index (χ0) is 12.6. The fourth-order valence-corrected chi connectivity index (χ4v) is 2.85. The van der Waals surface area contributed by atoms with E-state index in [2.05, 4.69) is 11.9 Å². The van der Waals surface area contributed by atoms with Crippen LogP contribution in [0, 0.1) is 5.41 Å². The van der Waals surface area contributed by atoms with E-state index in [0.29, 0.717) is 11.5 Å². The molecule has 1 saturated heterocycles. The van der Waals surface area contributed by atoms with Gasteiger partial charge in [0, 0.05) is 20.2 Å². The van der Waals surface area contributed by atoms with E-state index in [1.54, 1.807) is 0 Å². The van der Waals surface area contributed by atoms with Crippen molar-refractivity contribution in [1.29, 1.82) is 0 Å². The predicted molar refractivity (Wildman–Crippen MR) is 71.9 cm³/mol. The average molecular weight is 229 g/mol. The minimum absolute atomic E-state index is 0.557. The summed E-state index contributed by atoms with van der Waals surface area (Å²) < 4.78 is 5.37. The molecular formula is C14H31NO. The Hall–Kier alpha value is -0.0800. The normalized spacial score (nSPS) is 23.6. The van der Waals surface area contributed by atoms with Crippen LogP contribution in [0.25, 0.3) is 0 Å². The Balaban J connectivity index is 0.000000509. The highest BCUT2D eigenvalue weighted by molar-refractivity contribution is 4.96. The lowest BCUT2D eigenvalue weighted by molar-refractivity contribution is -0.0503. The summed E-state index contributed by atoms with van der Waals surface area (Å²) in [6, 6.07) is 0. The van der Waals surface area contributed by atoms with E-state index in [4.69, 9.17) is 4.74 Å². The van der Waals surface area contributed by atoms with Gasteiger partial charge >= 0.3 is 0 Å². The van der Waals surface area contributed by atoms with Crippen LogP contribution in [0.1, 0.15) is 53.4 Å². The Kier molecular flexibility index (Phi) is 8.04. The molecule has 1 aliphatic carbocycles. The smallest absolute Gasteiger partial charge is 0.0571 e. The summed E-state index contributed by atoms with van der Waals surface area (Å²) in [5.74, 6) is 0. The Morgan fingerprint density at radius 1 is 1.00 bits per heavy atom. The van der Waals surface area contributed by atoms with Gasteiger partial charge in [-0.3, -0.25) is 0 Å². The molecular weight excluding hydrogens is 198 g/mol. The molecule has 0 aromatic rings. The van der Waals surface area contributed by atoms with Crippen molar-refractivity contribution in [3.8, 4) is 0 Å². The third-order valence-corrected chi connectivity index (χ3v) is 3.54. The molecule has 2 heteroatoms. The van der Waals surface area contributed by atoms with Gasteiger partial charge in [-0.1, -0.05) is 27.7 Å². The van der Waals surface area contributed by atoms with Crippen LogP contribution in [0.5, 0.6) is 0 Å². The number of nitrogens with zero attached hydrogens (tertiary/aromatic N) is 1. The minimum atomic E-state index is 0.557. The third-order valence-electron chi connectivity index (χ3n) is 3.54. The second kappa shape index (κ2) is 8.08. The van der Waals surface area contributed by atoms with E-state index >= 15 is 0 Å². The molecule has 1 spiro atoms. The topological polar surface area (TPSA) is 12.5 Å². The fraction of sp³-hybridized carbons (Fsp3) is 1.00. The van der Waals surface area contributed by atoms with E-state index in [-0.39, 0.29) is 0 Å². The van der Waals surface area contributed by atoms with Gasteiger partial charge in [-0.2, -0.15) is 0 Å². The van der Waals surface area contributed by atoms with Crippen LogP contribution >= 0.6 is 0 Å². The summed E-state index contributed by atoms with van der Waals surface area (Å²) in [5, 5.41) is 0. The summed E-state index contributed by atoms with van der Waals surface area (Å²) in [7, 11) is 4.06. The van der Waals surface area contributed by atoms with E-state index in [0.717, 1.165) is 0 Å². The van der Waals surface area contributed by atoms with Gasteiger partial charge in [-0.05, 0) is 38.1 Å². The maximum absolute atomic E-state index is 5.37. The highest BCUT2D eigenvalue weighted by atomic mass is 16.5. The molecule has 1 saturated carbocycles. The van der Waals surface area contributed by atoms with Crippen molar-refractivity contribution in [2.75, 3.05) is 27.2 Å². The first-order valence-electron chi connectivity index (χ1n) is 6.95. The standard InChI is InChI=1S/C10H19NO.2C2H6/c1-11-7-10(8-11)5-3-9(12-2)4-6-10;2*1-2/h9H,3-8H2,1-2H3;2*1-2H3. The molecule has 0 bridgehead atoms. The number of rotatable bonds is 1. The van der Waals surface area contributed by atoms with Crippen molar-refractivity contribution >= 4 is 0 Å². The predicted octanol–water partition coefficient (Wildman–Crippen LogP) is 3.56. The molecule has 0 aromatic heterocycles. The third kappa shape index (κ3) is 4.06. The molecule has 2 aliphatic rings. The lowest BCUT2D eigenvalue weighted by Crippen LogP contribution is -2.56. The summed E-state index contributed by atoms with van der Waals surface area (Å²) >= 11 is 0. The molecule has 2 rings (SSSR count). The molecule has 0 atom stereocenters. The highest BCUT2D eigenvalue weighted by Gasteiger charge is 2.43. The van der Waals surface area contributed by atoms with Gasteiger partial charge in [0.15, 0.2) is 0 Å². The van der Waals surface area contributed by atoms with Crippen molar-refractivity contribution in [1.82, 2.24) is 4.90 Å². The Labute approximate surface area is 102 Å². The lowest BCUT2D eigenvalue weighted by Gasteiger charge is -2.52. The summed E-state index contributed by atoms with van der Waals surface area (Å²) in [6.07, 6.45) is 5.89. The van der Waals surface area contributed by atoms with Gasteiger partial charge in [-0.25, -0.2) is 0 Å². The number of hydrogen-bond donors (Lipinski definition) is 0. The van der Waals surface area contributed by atoms with Crippen LogP contribution in [0.2, 0.25) is 0 Å². The Morgan fingerprint density at radius 3 is 1.75 bits per heavy atom. The van der Waals surface area contributed by atoms with Gasteiger partial charge in [0.1, 0.15) is 0 Å². The first-order chi connectivity index (χ1) is 7.74. The quantitative estimate of drug-likeness (QED) is 0.681. The summed E-state index contributed by atoms with van der Waals surface area (Å²) in [6.45, 7) is 10.6. The SMILES string of the molecule is CC.CC.COC1CCC2(CC1)CN(C)C2. The Morgan fingerprint density at radius 2 is 1.44 bits per heavy atom. The highest BCUT2D eigenvalue weighted by Crippen LogP contribution is 2.43. The van der Waals surface area contributed by atoms with E-state index in [1.807, 2.05) is 34.8 Å². The molecule has 0 unspecified atom stereocenters. The van der Waals surface area contributed by atoms with Crippen molar-refractivity contribution in [2.24, 2.45) is 5.41 Å². The van der Waals surface area contributed by atoms with E-state index < -0.39 is 0 Å². The summed E-state index contributed by atoms with van der Waals surface area (Å²) in [4.78, 5) is 2.42. The molecule has 1 heterocycles. The largest absolute Gasteiger partial charge is 0.381 e. The lowest BCUT2D eigenvalue weighted by atomic mass is 9.68. The van der Waals surface area contributed by atoms with Gasteiger partial charge in [0.2, 0.25) is 0 Å². The van der Waals surface area contributed by atoms with Gasteiger partial charge in [0.05, 0.1) is 6.10 Å². The first kappa shape index (κ1) is 15.9. The molecule has 2 fully saturated rings. The number of methoxy groups -OCH3 is 1. The summed E-state index contributed by atoms with van der Waals surface area (Å²) in [5.41, 5.74) is 0.698. The zero-order valence-electron chi connectivity index (χ0n) is 12.2. The minimum Gasteiger partial charge on any atom is -0.381 e. The number of ether oxygens (including phenoxy) is 1. The molecule has 0 N–H and O–H groups in total. The molecule has 2 nitrogen and oxygen atoms in total. The molecule has 0 radical (unpaired) electrons. The second-order valence-corrected chi connectivity index (χ2v) is 4.61. The zero-order valence-corrected chi connectivity index (χ0v) is 12.2. The fourth-order valence-electron chi connectivity index (χ4n) is 2.85. The van der Waals surface area contributed by atoms with Crippen LogP contribution in [-0.4, -0.2) is 38.3 Å². The average Bonchev–Trinajstić information content (AvgIpc) is 2.34. The van der Waals surface area contributed by atoms with Crippen molar-refractivity contribution in [2.45, 2.75) is 59.5 Å².